The van der Waals surface area contributed by atoms with Gasteiger partial charge in [0.1, 0.15) is 0 Å². The van der Waals surface area contributed by atoms with E-state index in [1.165, 1.54) is 36.8 Å². The van der Waals surface area contributed by atoms with E-state index in [1.807, 2.05) is 0 Å². The second kappa shape index (κ2) is 4.97. The first-order chi connectivity index (χ1) is 8.88. The van der Waals surface area contributed by atoms with E-state index in [2.05, 4.69) is 55.5 Å². The minimum Gasteiger partial charge on any atom is -0.0732 e. The highest BCUT2D eigenvalue weighted by Crippen LogP contribution is 2.35. The first-order valence-electron chi connectivity index (χ1n) is 7.04. The molecule has 3 rings (SSSR count). The summed E-state index contributed by atoms with van der Waals surface area (Å²) in [5.74, 6) is 0.499. The van der Waals surface area contributed by atoms with Crippen LogP contribution in [0.3, 0.4) is 0 Å². The Morgan fingerprint density at radius 3 is 2.78 bits per heavy atom. The average Bonchev–Trinajstić information content (AvgIpc) is 3.04. The van der Waals surface area contributed by atoms with Crippen molar-refractivity contribution < 1.29 is 0 Å². The summed E-state index contributed by atoms with van der Waals surface area (Å²) in [6.45, 7) is 2.27. The first-order valence-corrected chi connectivity index (χ1v) is 7.04. The maximum absolute atomic E-state index is 2.41. The van der Waals surface area contributed by atoms with Gasteiger partial charge in [0.25, 0.3) is 0 Å². The Hall–Kier alpha value is -1.56. The van der Waals surface area contributed by atoms with Crippen LogP contribution >= 0.6 is 0 Å². The van der Waals surface area contributed by atoms with E-state index in [0.29, 0.717) is 5.92 Å². The molecule has 92 valence electrons. The molecule has 1 aromatic rings. The zero-order chi connectivity index (χ0) is 12.4. The van der Waals surface area contributed by atoms with Crippen molar-refractivity contribution in [3.8, 4) is 0 Å². The van der Waals surface area contributed by atoms with E-state index in [0.717, 1.165) is 0 Å². The number of rotatable bonds is 4. The minimum absolute atomic E-state index is 0.499. The molecule has 0 atom stereocenters. The van der Waals surface area contributed by atoms with Crippen LogP contribution in [0.1, 0.15) is 48.8 Å². The van der Waals surface area contributed by atoms with Crippen molar-refractivity contribution in [1.29, 1.82) is 0 Å². The second-order valence-corrected chi connectivity index (χ2v) is 5.29. The Morgan fingerprint density at radius 1 is 1.17 bits per heavy atom. The smallest absolute Gasteiger partial charge is 0.0207 e. The molecule has 0 bridgehead atoms. The summed E-state index contributed by atoms with van der Waals surface area (Å²) < 4.78 is 0. The minimum atomic E-state index is 0.499. The summed E-state index contributed by atoms with van der Waals surface area (Å²) in [6.07, 6.45) is 16.3. The zero-order valence-corrected chi connectivity index (χ0v) is 11.0. The lowest BCUT2D eigenvalue weighted by Crippen LogP contribution is -1.97. The normalized spacial score (nSPS) is 17.3. The van der Waals surface area contributed by atoms with Gasteiger partial charge in [0.2, 0.25) is 0 Å². The molecule has 0 aliphatic heterocycles. The molecule has 0 saturated heterocycles. The van der Waals surface area contributed by atoms with Crippen LogP contribution in [0.2, 0.25) is 0 Å². The molecule has 0 heterocycles. The zero-order valence-electron chi connectivity index (χ0n) is 11.0. The van der Waals surface area contributed by atoms with Crippen molar-refractivity contribution >= 4 is 6.08 Å². The molecule has 0 spiro atoms. The van der Waals surface area contributed by atoms with Crippen LogP contribution in [0.15, 0.2) is 48.1 Å². The molecular weight excluding hydrogens is 216 g/mol. The highest BCUT2D eigenvalue weighted by atomic mass is 14.2. The molecule has 1 aromatic carbocycles. The molecule has 0 unspecified atom stereocenters. The van der Waals surface area contributed by atoms with Crippen molar-refractivity contribution in [2.24, 2.45) is 0 Å². The molecule has 0 fully saturated rings. The van der Waals surface area contributed by atoms with Crippen molar-refractivity contribution in [3.05, 3.63) is 64.8 Å². The molecule has 0 saturated carbocycles. The predicted octanol–water partition coefficient (Wildman–Crippen LogP) is 5.03. The lowest BCUT2D eigenvalue weighted by Gasteiger charge is -2.12. The van der Waals surface area contributed by atoms with Crippen molar-refractivity contribution in [3.63, 3.8) is 0 Å². The third-order valence-corrected chi connectivity index (χ3v) is 3.97. The fourth-order valence-electron chi connectivity index (χ4n) is 2.98. The monoisotopic (exact) mass is 236 g/mol. The molecule has 0 radical (unpaired) electrons. The Kier molecular flexibility index (Phi) is 3.19. The molecule has 0 N–H and O–H groups in total. The number of hydrogen-bond donors (Lipinski definition) is 0. The molecule has 0 amide bonds. The van der Waals surface area contributed by atoms with Crippen LogP contribution < -0.4 is 0 Å². The fourth-order valence-corrected chi connectivity index (χ4v) is 2.98. The summed E-state index contributed by atoms with van der Waals surface area (Å²) in [4.78, 5) is 0. The number of fused-ring (bicyclic) bond motifs is 1. The summed E-state index contributed by atoms with van der Waals surface area (Å²) in [5, 5.41) is 0. The standard InChI is InChI=1S/C18H20/c1-2-3-7-14-12-16-10-6-11-17(18(16)13-14)15-8-4-5-9-15/h4-6,8-12,15H,2-3,7,13H2,1H3. The van der Waals surface area contributed by atoms with E-state index < -0.39 is 0 Å². The maximum atomic E-state index is 2.41. The van der Waals surface area contributed by atoms with E-state index in [1.54, 1.807) is 11.1 Å². The first kappa shape index (κ1) is 11.5. The quantitative estimate of drug-likeness (QED) is 0.688. The van der Waals surface area contributed by atoms with E-state index in [4.69, 9.17) is 0 Å². The molecule has 2 aliphatic carbocycles. The fraction of sp³-hybridized carbons (Fsp3) is 0.333. The molecular formula is C18H20. The van der Waals surface area contributed by atoms with Gasteiger partial charge in [-0.1, -0.05) is 67.5 Å². The van der Waals surface area contributed by atoms with Crippen LogP contribution in [0, 0.1) is 0 Å². The highest BCUT2D eigenvalue weighted by Gasteiger charge is 2.19. The van der Waals surface area contributed by atoms with Gasteiger partial charge in [-0.3, -0.25) is 0 Å². The number of unbranched alkanes of at least 4 members (excludes halogenated alkanes) is 1. The lowest BCUT2D eigenvalue weighted by atomic mass is 9.92. The molecule has 0 heteroatoms. The maximum Gasteiger partial charge on any atom is 0.0207 e. The number of benzene rings is 1. The summed E-state index contributed by atoms with van der Waals surface area (Å²) in [7, 11) is 0. The topological polar surface area (TPSA) is 0 Å². The summed E-state index contributed by atoms with van der Waals surface area (Å²) in [6, 6.07) is 6.76. The largest absolute Gasteiger partial charge is 0.0732 e. The van der Waals surface area contributed by atoms with Crippen molar-refractivity contribution in [2.75, 3.05) is 0 Å². The van der Waals surface area contributed by atoms with Crippen LogP contribution in [0.4, 0.5) is 0 Å². The van der Waals surface area contributed by atoms with Crippen LogP contribution in [-0.2, 0) is 6.42 Å². The van der Waals surface area contributed by atoms with Crippen LogP contribution in [0.5, 0.6) is 0 Å². The van der Waals surface area contributed by atoms with Gasteiger partial charge in [-0.25, -0.2) is 0 Å². The summed E-state index contributed by atoms with van der Waals surface area (Å²) >= 11 is 0. The molecule has 0 nitrogen and oxygen atoms in total. The molecule has 18 heavy (non-hydrogen) atoms. The van der Waals surface area contributed by atoms with Crippen molar-refractivity contribution in [1.82, 2.24) is 0 Å². The van der Waals surface area contributed by atoms with E-state index in [9.17, 15) is 0 Å². The van der Waals surface area contributed by atoms with E-state index in [-0.39, 0.29) is 0 Å². The Labute approximate surface area is 110 Å². The second-order valence-electron chi connectivity index (χ2n) is 5.29. The number of allylic oxidation sites excluding steroid dienone is 5. The Bertz CT molecular complexity index is 517. The van der Waals surface area contributed by atoms with Gasteiger partial charge in [-0.05, 0) is 36.0 Å². The van der Waals surface area contributed by atoms with Gasteiger partial charge in [0.15, 0.2) is 0 Å². The van der Waals surface area contributed by atoms with Crippen LogP contribution in [-0.4, -0.2) is 0 Å². The van der Waals surface area contributed by atoms with Gasteiger partial charge in [-0.15, -0.1) is 0 Å². The third kappa shape index (κ3) is 2.08. The van der Waals surface area contributed by atoms with Gasteiger partial charge in [0.05, 0.1) is 0 Å². The van der Waals surface area contributed by atoms with Crippen LogP contribution in [0.25, 0.3) is 6.08 Å². The summed E-state index contributed by atoms with van der Waals surface area (Å²) in [5.41, 5.74) is 6.13. The average molecular weight is 236 g/mol. The third-order valence-electron chi connectivity index (χ3n) is 3.97. The van der Waals surface area contributed by atoms with Gasteiger partial charge >= 0.3 is 0 Å². The predicted molar refractivity (Wildman–Crippen MR) is 78.7 cm³/mol. The Balaban J connectivity index is 1.86. The molecule has 0 aromatic heterocycles. The van der Waals surface area contributed by atoms with Gasteiger partial charge in [0, 0.05) is 5.92 Å². The Morgan fingerprint density at radius 2 is 2.00 bits per heavy atom. The van der Waals surface area contributed by atoms with Crippen molar-refractivity contribution in [2.45, 2.75) is 38.5 Å². The lowest BCUT2D eigenvalue weighted by molar-refractivity contribution is 0.778. The highest BCUT2D eigenvalue weighted by molar-refractivity contribution is 5.66. The van der Waals surface area contributed by atoms with Gasteiger partial charge < -0.3 is 0 Å². The number of hydrogen-bond acceptors (Lipinski definition) is 0. The SMILES string of the molecule is CCCCC1=Cc2cccc(C3C=CC=C3)c2C1. The van der Waals surface area contributed by atoms with E-state index >= 15 is 0 Å². The van der Waals surface area contributed by atoms with Gasteiger partial charge in [-0.2, -0.15) is 0 Å². The molecule has 2 aliphatic rings.